The van der Waals surface area contributed by atoms with Crippen LogP contribution in [0.15, 0.2) is 0 Å². The number of carboxylic acid groups (broad SMARTS) is 1. The Bertz CT molecular complexity index is 305. The topological polar surface area (TPSA) is 40.5 Å². The maximum Gasteiger partial charge on any atom is 0.313 e. The highest BCUT2D eigenvalue weighted by atomic mass is 32.2. The molecular weight excluding hydrogens is 260 g/mol. The summed E-state index contributed by atoms with van der Waals surface area (Å²) in [5, 5.41) is 8.51. The van der Waals surface area contributed by atoms with Gasteiger partial charge in [-0.2, -0.15) is 0 Å². The van der Waals surface area contributed by atoms with Crippen LogP contribution in [0.25, 0.3) is 0 Å². The molecule has 106 valence electrons. The van der Waals surface area contributed by atoms with E-state index in [2.05, 4.69) is 0 Å². The summed E-state index contributed by atoms with van der Waals surface area (Å²) in [4.78, 5) is 12.2. The third-order valence-electron chi connectivity index (χ3n) is 3.24. The van der Waals surface area contributed by atoms with Crippen molar-refractivity contribution in [1.82, 2.24) is 4.90 Å². The lowest BCUT2D eigenvalue weighted by Gasteiger charge is -2.44. The van der Waals surface area contributed by atoms with Gasteiger partial charge in [-0.3, -0.25) is 9.69 Å². The molecule has 1 rings (SSSR count). The van der Waals surface area contributed by atoms with E-state index in [4.69, 9.17) is 5.11 Å². The summed E-state index contributed by atoms with van der Waals surface area (Å²) in [6.07, 6.45) is 0.427. The van der Waals surface area contributed by atoms with E-state index in [1.807, 2.05) is 20.8 Å². The molecule has 0 aromatic carbocycles. The van der Waals surface area contributed by atoms with Crippen LogP contribution in [-0.2, 0) is 4.79 Å². The van der Waals surface area contributed by atoms with Crippen LogP contribution in [0.2, 0.25) is 0 Å². The number of hydrogen-bond donors (Lipinski definition) is 1. The number of alkyl halides is 2. The molecule has 0 bridgehead atoms. The first-order valence-corrected chi connectivity index (χ1v) is 7.21. The number of thioether (sulfide) groups is 1. The summed E-state index contributed by atoms with van der Waals surface area (Å²) in [7, 11) is 0. The van der Waals surface area contributed by atoms with Crippen molar-refractivity contribution in [2.75, 3.05) is 24.6 Å². The zero-order chi connectivity index (χ0) is 14.0. The molecule has 0 saturated carbocycles. The van der Waals surface area contributed by atoms with Crippen molar-refractivity contribution in [2.45, 2.75) is 38.7 Å². The van der Waals surface area contributed by atoms with Gasteiger partial charge in [0.1, 0.15) is 0 Å². The minimum absolute atomic E-state index is 0.102. The molecule has 1 N–H and O–H groups in total. The zero-order valence-electron chi connectivity index (χ0n) is 11.1. The molecule has 3 nitrogen and oxygen atoms in total. The zero-order valence-corrected chi connectivity index (χ0v) is 11.9. The lowest BCUT2D eigenvalue weighted by atomic mass is 9.91. The minimum atomic E-state index is -2.73. The molecule has 1 heterocycles. The van der Waals surface area contributed by atoms with Crippen LogP contribution >= 0.6 is 11.8 Å². The number of carboxylic acids is 1. The second-order valence-electron chi connectivity index (χ2n) is 5.75. The average Bonchev–Trinajstić information content (AvgIpc) is 2.17. The third-order valence-corrected chi connectivity index (χ3v) is 4.33. The first-order chi connectivity index (χ1) is 8.13. The second kappa shape index (κ2) is 5.74. The van der Waals surface area contributed by atoms with Gasteiger partial charge >= 0.3 is 5.97 Å². The Labute approximate surface area is 111 Å². The predicted molar refractivity (Wildman–Crippen MR) is 69.3 cm³/mol. The molecular formula is C12H21F2NO2S. The molecule has 1 aliphatic heterocycles. The van der Waals surface area contributed by atoms with Gasteiger partial charge in [0.15, 0.2) is 0 Å². The fraction of sp³-hybridized carbons (Fsp3) is 0.917. The first-order valence-electron chi connectivity index (χ1n) is 6.05. The van der Waals surface area contributed by atoms with Crippen molar-refractivity contribution in [3.05, 3.63) is 0 Å². The third kappa shape index (κ3) is 4.39. The Morgan fingerprint density at radius 3 is 2.56 bits per heavy atom. The molecule has 0 radical (unpaired) electrons. The van der Waals surface area contributed by atoms with E-state index in [9.17, 15) is 13.6 Å². The highest BCUT2D eigenvalue weighted by molar-refractivity contribution is 7.99. The van der Waals surface area contributed by atoms with E-state index < -0.39 is 17.8 Å². The molecule has 1 unspecified atom stereocenters. The van der Waals surface area contributed by atoms with Crippen molar-refractivity contribution in [3.8, 4) is 0 Å². The van der Waals surface area contributed by atoms with Gasteiger partial charge in [0.2, 0.25) is 0 Å². The van der Waals surface area contributed by atoms with Gasteiger partial charge < -0.3 is 5.11 Å². The van der Waals surface area contributed by atoms with Crippen LogP contribution in [0, 0.1) is 5.92 Å². The Hall–Kier alpha value is -0.360. The summed E-state index contributed by atoms with van der Waals surface area (Å²) < 4.78 is 27.9. The molecule has 0 aromatic heterocycles. The molecule has 1 saturated heterocycles. The number of aliphatic carboxylic acids is 1. The molecule has 6 heteroatoms. The van der Waals surface area contributed by atoms with E-state index in [1.165, 1.54) is 0 Å². The molecule has 18 heavy (non-hydrogen) atoms. The van der Waals surface area contributed by atoms with Crippen LogP contribution in [0.4, 0.5) is 8.78 Å². The Morgan fingerprint density at radius 2 is 2.11 bits per heavy atom. The number of nitrogens with zero attached hydrogens (tertiary/aromatic N) is 1. The largest absolute Gasteiger partial charge is 0.481 e. The molecule has 1 atom stereocenters. The molecule has 0 amide bonds. The normalized spacial score (nSPS) is 25.1. The number of hydrogen-bond acceptors (Lipinski definition) is 3. The number of piperidine rings is 1. The SMILES string of the molecule is CC(C)(C)N1CCC(CSCC(=O)O)C(F)(F)C1. The van der Waals surface area contributed by atoms with Crippen LogP contribution in [0.3, 0.4) is 0 Å². The second-order valence-corrected chi connectivity index (χ2v) is 6.78. The molecule has 0 spiro atoms. The predicted octanol–water partition coefficient (Wildman–Crippen LogP) is 2.56. The van der Waals surface area contributed by atoms with Crippen molar-refractivity contribution in [2.24, 2.45) is 5.92 Å². The summed E-state index contributed by atoms with van der Waals surface area (Å²) in [5.74, 6) is -4.26. The lowest BCUT2D eigenvalue weighted by Crippen LogP contribution is -2.55. The fourth-order valence-corrected chi connectivity index (χ4v) is 3.04. The van der Waals surface area contributed by atoms with Gasteiger partial charge in [-0.25, -0.2) is 8.78 Å². The summed E-state index contributed by atoms with van der Waals surface area (Å²) >= 11 is 1.08. The van der Waals surface area contributed by atoms with Gasteiger partial charge in [0.25, 0.3) is 5.92 Å². The maximum atomic E-state index is 14.0. The quantitative estimate of drug-likeness (QED) is 0.860. The molecule has 1 aliphatic rings. The highest BCUT2D eigenvalue weighted by Gasteiger charge is 2.46. The van der Waals surface area contributed by atoms with Crippen molar-refractivity contribution in [3.63, 3.8) is 0 Å². The summed E-state index contributed by atoms with van der Waals surface area (Å²) in [6.45, 7) is 6.22. The number of halogens is 2. The van der Waals surface area contributed by atoms with E-state index in [1.54, 1.807) is 4.90 Å². The Morgan fingerprint density at radius 1 is 1.50 bits per heavy atom. The molecule has 0 aliphatic carbocycles. The monoisotopic (exact) mass is 281 g/mol. The van der Waals surface area contributed by atoms with Gasteiger partial charge in [0.05, 0.1) is 12.3 Å². The highest BCUT2D eigenvalue weighted by Crippen LogP contribution is 2.37. The van der Waals surface area contributed by atoms with Crippen molar-refractivity contribution >= 4 is 17.7 Å². The van der Waals surface area contributed by atoms with Gasteiger partial charge in [-0.1, -0.05) is 0 Å². The van der Waals surface area contributed by atoms with Crippen molar-refractivity contribution in [1.29, 1.82) is 0 Å². The van der Waals surface area contributed by atoms with Crippen molar-refractivity contribution < 1.29 is 18.7 Å². The van der Waals surface area contributed by atoms with E-state index in [0.29, 0.717) is 13.0 Å². The van der Waals surface area contributed by atoms with Gasteiger partial charge in [0, 0.05) is 17.2 Å². The van der Waals surface area contributed by atoms with E-state index >= 15 is 0 Å². The maximum absolute atomic E-state index is 14.0. The average molecular weight is 281 g/mol. The summed E-state index contributed by atoms with van der Waals surface area (Å²) in [5.41, 5.74) is -0.247. The first kappa shape index (κ1) is 15.7. The van der Waals surface area contributed by atoms with E-state index in [0.717, 1.165) is 11.8 Å². The summed E-state index contributed by atoms with van der Waals surface area (Å²) in [6, 6.07) is 0. The van der Waals surface area contributed by atoms with Crippen LogP contribution in [0.5, 0.6) is 0 Å². The lowest BCUT2D eigenvalue weighted by molar-refractivity contribution is -0.134. The van der Waals surface area contributed by atoms with Crippen LogP contribution < -0.4 is 0 Å². The van der Waals surface area contributed by atoms with Crippen LogP contribution in [0.1, 0.15) is 27.2 Å². The fourth-order valence-electron chi connectivity index (χ4n) is 2.05. The molecule has 0 aromatic rings. The molecule has 1 fully saturated rings. The minimum Gasteiger partial charge on any atom is -0.481 e. The standard InChI is InChI=1S/C12H21F2NO2S/c1-11(2,3)15-5-4-9(12(13,14)8-15)6-18-7-10(16)17/h9H,4-8H2,1-3H3,(H,16,17). The van der Waals surface area contributed by atoms with Crippen LogP contribution in [-0.4, -0.2) is 52.0 Å². The number of rotatable bonds is 4. The smallest absolute Gasteiger partial charge is 0.313 e. The Balaban J connectivity index is 2.52. The van der Waals surface area contributed by atoms with Gasteiger partial charge in [-0.15, -0.1) is 11.8 Å². The van der Waals surface area contributed by atoms with E-state index in [-0.39, 0.29) is 23.6 Å². The number of carbonyl (C=O) groups is 1. The Kier molecular flexibility index (Phi) is 5.00. The number of likely N-dealkylation sites (tertiary alicyclic amines) is 1. The van der Waals surface area contributed by atoms with Gasteiger partial charge in [-0.05, 0) is 33.7 Å².